The van der Waals surface area contributed by atoms with E-state index in [0.29, 0.717) is 82.2 Å². The zero-order valence-corrected chi connectivity index (χ0v) is 41.7. The summed E-state index contributed by atoms with van der Waals surface area (Å²) in [6.07, 6.45) is 28.3. The van der Waals surface area contributed by atoms with Crippen LogP contribution in [0.3, 0.4) is 0 Å². The average molecular weight is 934 g/mol. The third-order valence-corrected chi connectivity index (χ3v) is 12.1. The Kier molecular flexibility index (Phi) is 26.6. The second-order valence-electron chi connectivity index (χ2n) is 18.2. The maximum Gasteiger partial charge on any atom is 0.255 e. The molecule has 0 fully saturated rings. The second-order valence-corrected chi connectivity index (χ2v) is 18.2. The molecule has 0 atom stereocenters. The van der Waals surface area contributed by atoms with Crippen LogP contribution in [0.5, 0.6) is 17.2 Å². The molecule has 0 saturated carbocycles. The molecule has 0 aliphatic carbocycles. The summed E-state index contributed by atoms with van der Waals surface area (Å²) in [5.74, 6) is 0.293. The molecule has 0 radical (unpaired) electrons. The van der Waals surface area contributed by atoms with Gasteiger partial charge in [0, 0.05) is 45.1 Å². The van der Waals surface area contributed by atoms with Crippen molar-refractivity contribution in [2.75, 3.05) is 47.2 Å². The van der Waals surface area contributed by atoms with E-state index >= 15 is 0 Å². The number of nitrogens with two attached hydrogens (primary N) is 2. The van der Waals surface area contributed by atoms with E-state index in [1.165, 1.54) is 103 Å². The molecule has 0 aliphatic heterocycles. The number of carbonyl (C=O) groups is 3. The molecule has 0 heterocycles. The van der Waals surface area contributed by atoms with E-state index in [0.717, 1.165) is 51.4 Å². The van der Waals surface area contributed by atoms with Gasteiger partial charge in [0.25, 0.3) is 17.7 Å². The molecule has 0 spiro atoms. The van der Waals surface area contributed by atoms with Gasteiger partial charge in [-0.1, -0.05) is 156 Å². The Bertz CT molecular complexity index is 1930. The fourth-order valence-electron chi connectivity index (χ4n) is 8.03. The van der Waals surface area contributed by atoms with Crippen LogP contribution < -0.4 is 41.6 Å². The first kappa shape index (κ1) is 54.9. The van der Waals surface area contributed by atoms with E-state index in [2.05, 4.69) is 36.7 Å². The van der Waals surface area contributed by atoms with Gasteiger partial charge in [-0.3, -0.25) is 14.4 Å². The molecule has 372 valence electrons. The summed E-state index contributed by atoms with van der Waals surface area (Å²) in [6.45, 7) is 8.21. The first-order chi connectivity index (χ1) is 33.2. The summed E-state index contributed by atoms with van der Waals surface area (Å²) in [6, 6.07) is 21.5. The maximum atomic E-state index is 14.4. The van der Waals surface area contributed by atoms with Crippen LogP contribution in [0.1, 0.15) is 206 Å². The van der Waals surface area contributed by atoms with Gasteiger partial charge in [0.05, 0.1) is 19.8 Å². The molecule has 7 N–H and O–H groups in total. The largest absolute Gasteiger partial charge is 0.490 e. The molecular weight excluding hydrogens is 851 g/mol. The van der Waals surface area contributed by atoms with Crippen LogP contribution >= 0.6 is 0 Å². The van der Waals surface area contributed by atoms with E-state index in [-0.39, 0.29) is 11.8 Å². The van der Waals surface area contributed by atoms with Crippen molar-refractivity contribution in [1.82, 2.24) is 0 Å². The van der Waals surface area contributed by atoms with Gasteiger partial charge in [0.15, 0.2) is 11.5 Å². The van der Waals surface area contributed by atoms with Gasteiger partial charge in [-0.2, -0.15) is 0 Å². The number of nitrogens with one attached hydrogen (secondary N) is 3. The lowest BCUT2D eigenvalue weighted by atomic mass is 10.1. The standard InChI is InChI=1S/C57H83N5O6/c1-4-7-10-13-16-19-22-25-36-66-52-39-46(40-53(67-37-26-23-20-17-14-11-8-5-2)54(52)68-38-27-24-21-18-15-12-9-6-3)57(65)62-51-42-49(60-55(63)44-28-32-47(58)33-29-44)41-50(43-51)61-56(64)45-30-34-48(59)35-31-45/h28-35,39-43H,4-27,36-38,58-59H2,1-3H3,(H,60,63)(H,61,64)(H,62,65). The molecule has 3 amide bonds. The van der Waals surface area contributed by atoms with Gasteiger partial charge in [-0.15, -0.1) is 0 Å². The monoisotopic (exact) mass is 934 g/mol. The molecule has 0 saturated heterocycles. The van der Waals surface area contributed by atoms with E-state index in [1.807, 2.05) is 0 Å². The highest BCUT2D eigenvalue weighted by Crippen LogP contribution is 2.40. The van der Waals surface area contributed by atoms with Crippen LogP contribution in [-0.4, -0.2) is 37.5 Å². The summed E-state index contributed by atoms with van der Waals surface area (Å²) < 4.78 is 19.6. The lowest BCUT2D eigenvalue weighted by Crippen LogP contribution is -2.17. The predicted molar refractivity (Wildman–Crippen MR) is 283 cm³/mol. The minimum absolute atomic E-state index is 0.324. The number of rotatable bonds is 36. The van der Waals surface area contributed by atoms with Gasteiger partial charge in [-0.05, 0) is 98.1 Å². The van der Waals surface area contributed by atoms with Gasteiger partial charge in [0.1, 0.15) is 0 Å². The Labute approximate surface area is 408 Å². The Balaban J connectivity index is 1.60. The highest BCUT2D eigenvalue weighted by molar-refractivity contribution is 6.09. The SMILES string of the molecule is CCCCCCCCCCOc1cc(C(=O)Nc2cc(NC(=O)c3ccc(N)cc3)cc(NC(=O)c3ccc(N)cc3)c2)cc(OCCCCCCCCCC)c1OCCCCCCCCCC. The van der Waals surface area contributed by atoms with Crippen molar-refractivity contribution in [3.05, 3.63) is 95.6 Å². The molecule has 11 heteroatoms. The third kappa shape index (κ3) is 21.5. The number of hydrogen-bond donors (Lipinski definition) is 5. The van der Waals surface area contributed by atoms with Crippen molar-refractivity contribution >= 4 is 46.2 Å². The lowest BCUT2D eigenvalue weighted by molar-refractivity contribution is 0.101. The number of unbranched alkanes of at least 4 members (excludes halogenated alkanes) is 21. The highest BCUT2D eigenvalue weighted by Gasteiger charge is 2.21. The van der Waals surface area contributed by atoms with Crippen molar-refractivity contribution in [2.45, 2.75) is 175 Å². The molecule has 0 unspecified atom stereocenters. The molecular formula is C57H83N5O6. The molecule has 4 aromatic rings. The van der Waals surface area contributed by atoms with E-state index in [9.17, 15) is 14.4 Å². The second kappa shape index (κ2) is 32.9. The molecule has 0 aliphatic rings. The predicted octanol–water partition coefficient (Wildman–Crippen LogP) is 15.2. The van der Waals surface area contributed by atoms with Crippen molar-refractivity contribution in [3.8, 4) is 17.2 Å². The normalized spacial score (nSPS) is 11.0. The average Bonchev–Trinajstić information content (AvgIpc) is 3.33. The highest BCUT2D eigenvalue weighted by atomic mass is 16.5. The number of anilines is 5. The number of carbonyl (C=O) groups excluding carboxylic acids is 3. The molecule has 4 aromatic carbocycles. The zero-order valence-electron chi connectivity index (χ0n) is 41.7. The van der Waals surface area contributed by atoms with Gasteiger partial charge in [0.2, 0.25) is 5.75 Å². The quantitative estimate of drug-likeness (QED) is 0.0222. The molecule has 68 heavy (non-hydrogen) atoms. The van der Waals surface area contributed by atoms with E-state index < -0.39 is 5.91 Å². The summed E-state index contributed by atoms with van der Waals surface area (Å²) in [5.41, 5.74) is 15.0. The van der Waals surface area contributed by atoms with Crippen LogP contribution in [-0.2, 0) is 0 Å². The Morgan fingerprint density at radius 2 is 0.647 bits per heavy atom. The number of amides is 3. The van der Waals surface area contributed by atoms with Crippen LogP contribution in [0.4, 0.5) is 28.4 Å². The summed E-state index contributed by atoms with van der Waals surface area (Å²) in [7, 11) is 0. The van der Waals surface area contributed by atoms with Crippen molar-refractivity contribution in [2.24, 2.45) is 0 Å². The molecule has 0 aromatic heterocycles. The van der Waals surface area contributed by atoms with Crippen molar-refractivity contribution in [1.29, 1.82) is 0 Å². The number of hydrogen-bond acceptors (Lipinski definition) is 8. The van der Waals surface area contributed by atoms with E-state index in [4.69, 9.17) is 25.7 Å². The van der Waals surface area contributed by atoms with Crippen LogP contribution in [0.2, 0.25) is 0 Å². The Hall–Kier alpha value is -5.71. The molecule has 0 bridgehead atoms. The molecule has 11 nitrogen and oxygen atoms in total. The summed E-state index contributed by atoms with van der Waals surface area (Å²) in [5, 5.41) is 8.83. The fourth-order valence-corrected chi connectivity index (χ4v) is 8.03. The number of ether oxygens (including phenoxy) is 3. The van der Waals surface area contributed by atoms with Crippen molar-refractivity contribution < 1.29 is 28.6 Å². The Morgan fingerprint density at radius 3 is 0.971 bits per heavy atom. The third-order valence-electron chi connectivity index (χ3n) is 12.1. The maximum absolute atomic E-state index is 14.4. The van der Waals surface area contributed by atoms with Gasteiger partial charge < -0.3 is 41.6 Å². The van der Waals surface area contributed by atoms with Gasteiger partial charge >= 0.3 is 0 Å². The van der Waals surface area contributed by atoms with E-state index in [1.54, 1.807) is 78.9 Å². The summed E-state index contributed by atoms with van der Waals surface area (Å²) >= 11 is 0. The smallest absolute Gasteiger partial charge is 0.255 e. The zero-order chi connectivity index (χ0) is 48.6. The first-order valence-corrected chi connectivity index (χ1v) is 26.1. The van der Waals surface area contributed by atoms with Crippen LogP contribution in [0.25, 0.3) is 0 Å². The topological polar surface area (TPSA) is 167 Å². The fraction of sp³-hybridized carbons (Fsp3) is 0.526. The number of benzene rings is 4. The minimum atomic E-state index is -0.425. The van der Waals surface area contributed by atoms with Crippen LogP contribution in [0.15, 0.2) is 78.9 Å². The molecule has 4 rings (SSSR count). The van der Waals surface area contributed by atoms with Crippen molar-refractivity contribution in [3.63, 3.8) is 0 Å². The first-order valence-electron chi connectivity index (χ1n) is 26.1. The summed E-state index contributed by atoms with van der Waals surface area (Å²) in [4.78, 5) is 41.1. The minimum Gasteiger partial charge on any atom is -0.490 e. The van der Waals surface area contributed by atoms with Gasteiger partial charge in [-0.25, -0.2) is 0 Å². The number of nitrogen functional groups attached to an aromatic ring is 2. The van der Waals surface area contributed by atoms with Crippen LogP contribution in [0, 0.1) is 0 Å². The Morgan fingerprint density at radius 1 is 0.368 bits per heavy atom. The lowest BCUT2D eigenvalue weighted by Gasteiger charge is -2.19.